The Morgan fingerprint density at radius 1 is 1.41 bits per heavy atom. The minimum absolute atomic E-state index is 0.198. The topological polar surface area (TPSA) is 49.3 Å². The maximum absolute atomic E-state index is 10.4. The summed E-state index contributed by atoms with van der Waals surface area (Å²) in [6.07, 6.45) is 2.61. The summed E-state index contributed by atoms with van der Waals surface area (Å²) < 4.78 is 0. The van der Waals surface area contributed by atoms with E-state index in [0.717, 1.165) is 6.54 Å². The second-order valence-corrected chi connectivity index (χ2v) is 4.92. The number of carbonyl (C=O) groups is 1. The van der Waals surface area contributed by atoms with Crippen molar-refractivity contribution in [2.45, 2.75) is 31.6 Å². The van der Waals surface area contributed by atoms with Gasteiger partial charge in [-0.2, -0.15) is 0 Å². The summed E-state index contributed by atoms with van der Waals surface area (Å²) in [6.45, 7) is 3.60. The van der Waals surface area contributed by atoms with Gasteiger partial charge in [0.1, 0.15) is 0 Å². The zero-order valence-electron chi connectivity index (χ0n) is 10.2. The van der Waals surface area contributed by atoms with Crippen molar-refractivity contribution in [3.05, 3.63) is 35.4 Å². The highest BCUT2D eigenvalue weighted by Gasteiger charge is 2.44. The predicted molar refractivity (Wildman–Crippen MR) is 67.2 cm³/mol. The average Bonchev–Trinajstić information content (AvgIpc) is 3.06. The van der Waals surface area contributed by atoms with Crippen LogP contribution in [0.25, 0.3) is 0 Å². The van der Waals surface area contributed by atoms with Gasteiger partial charge in [-0.25, -0.2) is 0 Å². The summed E-state index contributed by atoms with van der Waals surface area (Å²) in [7, 11) is 0. The molecule has 0 aliphatic heterocycles. The van der Waals surface area contributed by atoms with Gasteiger partial charge in [-0.05, 0) is 30.9 Å². The van der Waals surface area contributed by atoms with E-state index in [9.17, 15) is 4.79 Å². The van der Waals surface area contributed by atoms with Crippen molar-refractivity contribution in [1.29, 1.82) is 0 Å². The van der Waals surface area contributed by atoms with Gasteiger partial charge in [-0.15, -0.1) is 0 Å². The highest BCUT2D eigenvalue weighted by atomic mass is 16.4. The van der Waals surface area contributed by atoms with Gasteiger partial charge in [0.2, 0.25) is 0 Å². The highest BCUT2D eigenvalue weighted by Crippen LogP contribution is 2.48. The Hall–Kier alpha value is -1.35. The van der Waals surface area contributed by atoms with E-state index in [1.54, 1.807) is 0 Å². The molecule has 1 aliphatic rings. The number of benzene rings is 1. The van der Waals surface area contributed by atoms with Crippen LogP contribution < -0.4 is 5.32 Å². The first-order valence-electron chi connectivity index (χ1n) is 6.13. The molecular weight excluding hydrogens is 214 g/mol. The third-order valence-corrected chi connectivity index (χ3v) is 3.55. The molecule has 0 atom stereocenters. The lowest BCUT2D eigenvalue weighted by Gasteiger charge is -2.18. The van der Waals surface area contributed by atoms with Crippen molar-refractivity contribution in [3.63, 3.8) is 0 Å². The molecule has 92 valence electrons. The first kappa shape index (κ1) is 12.1. The van der Waals surface area contributed by atoms with Crippen LogP contribution in [-0.2, 0) is 10.2 Å². The van der Waals surface area contributed by atoms with Crippen molar-refractivity contribution >= 4 is 5.97 Å². The Kier molecular flexibility index (Phi) is 3.48. The molecule has 0 radical (unpaired) electrons. The minimum atomic E-state index is -0.738. The molecule has 0 heterocycles. The van der Waals surface area contributed by atoms with Crippen LogP contribution in [-0.4, -0.2) is 24.2 Å². The van der Waals surface area contributed by atoms with Crippen LogP contribution in [0.1, 0.15) is 30.4 Å². The van der Waals surface area contributed by atoms with Gasteiger partial charge >= 0.3 is 5.97 Å². The molecule has 0 aromatic heterocycles. The Bertz CT molecular complexity index is 410. The van der Waals surface area contributed by atoms with E-state index in [1.807, 2.05) is 0 Å². The summed E-state index contributed by atoms with van der Waals surface area (Å²) in [6, 6.07) is 8.49. The third-order valence-electron chi connectivity index (χ3n) is 3.55. The number of rotatable bonds is 6. The van der Waals surface area contributed by atoms with Crippen LogP contribution in [0.3, 0.4) is 0 Å². The number of aryl methyl sites for hydroxylation is 1. The fourth-order valence-corrected chi connectivity index (χ4v) is 2.38. The van der Waals surface area contributed by atoms with Crippen molar-refractivity contribution < 1.29 is 9.90 Å². The van der Waals surface area contributed by atoms with Crippen LogP contribution in [0.4, 0.5) is 0 Å². The molecule has 0 saturated heterocycles. The molecule has 2 N–H and O–H groups in total. The van der Waals surface area contributed by atoms with Gasteiger partial charge in [-0.3, -0.25) is 4.79 Å². The number of hydrogen-bond acceptors (Lipinski definition) is 2. The van der Waals surface area contributed by atoms with E-state index in [2.05, 4.69) is 36.5 Å². The molecule has 3 nitrogen and oxygen atoms in total. The van der Waals surface area contributed by atoms with Crippen LogP contribution in [0.2, 0.25) is 0 Å². The number of carboxylic acids is 1. The smallest absolute Gasteiger partial charge is 0.304 e. The lowest BCUT2D eigenvalue weighted by Crippen LogP contribution is -2.29. The van der Waals surface area contributed by atoms with Gasteiger partial charge in [0, 0.05) is 18.5 Å². The number of nitrogens with one attached hydrogen (secondary N) is 1. The molecule has 1 aromatic carbocycles. The van der Waals surface area contributed by atoms with Gasteiger partial charge in [0.05, 0.1) is 6.42 Å². The molecule has 1 aromatic rings. The minimum Gasteiger partial charge on any atom is -0.481 e. The van der Waals surface area contributed by atoms with Crippen molar-refractivity contribution in [2.75, 3.05) is 13.1 Å². The Morgan fingerprint density at radius 2 is 2.12 bits per heavy atom. The molecule has 0 unspecified atom stereocenters. The Balaban J connectivity index is 1.92. The summed E-state index contributed by atoms with van der Waals surface area (Å²) in [4.78, 5) is 10.4. The van der Waals surface area contributed by atoms with Crippen LogP contribution in [0, 0.1) is 6.92 Å². The van der Waals surface area contributed by atoms with Crippen molar-refractivity contribution in [1.82, 2.24) is 5.32 Å². The van der Waals surface area contributed by atoms with E-state index in [1.165, 1.54) is 24.0 Å². The molecule has 0 amide bonds. The third kappa shape index (κ3) is 2.86. The number of aliphatic carboxylic acids is 1. The zero-order chi connectivity index (χ0) is 12.3. The van der Waals surface area contributed by atoms with E-state index in [4.69, 9.17) is 5.11 Å². The molecule has 1 saturated carbocycles. The van der Waals surface area contributed by atoms with Gasteiger partial charge in [0.25, 0.3) is 0 Å². The molecule has 17 heavy (non-hydrogen) atoms. The predicted octanol–water partition coefficient (Wildman–Crippen LogP) is 2.09. The molecular formula is C14H19NO2. The van der Waals surface area contributed by atoms with Crippen molar-refractivity contribution in [2.24, 2.45) is 0 Å². The fraction of sp³-hybridized carbons (Fsp3) is 0.500. The summed E-state index contributed by atoms with van der Waals surface area (Å²) in [5.41, 5.74) is 3.02. The van der Waals surface area contributed by atoms with Crippen LogP contribution in [0.5, 0.6) is 0 Å². The molecule has 1 fully saturated rings. The summed E-state index contributed by atoms with van der Waals surface area (Å²) >= 11 is 0. The standard InChI is InChI=1S/C14H19NO2/c1-11-4-2-3-5-12(11)14(7-8-14)10-15-9-6-13(16)17/h2-5,15H,6-10H2,1H3,(H,16,17). The van der Waals surface area contributed by atoms with Crippen molar-refractivity contribution in [3.8, 4) is 0 Å². The molecule has 1 aliphatic carbocycles. The average molecular weight is 233 g/mol. The molecule has 0 bridgehead atoms. The van der Waals surface area contributed by atoms with Gasteiger partial charge in [-0.1, -0.05) is 24.3 Å². The maximum atomic E-state index is 10.4. The Morgan fingerprint density at radius 3 is 2.71 bits per heavy atom. The van der Waals surface area contributed by atoms with Crippen LogP contribution >= 0.6 is 0 Å². The van der Waals surface area contributed by atoms with E-state index in [0.29, 0.717) is 6.54 Å². The summed E-state index contributed by atoms with van der Waals surface area (Å²) in [5.74, 6) is -0.738. The van der Waals surface area contributed by atoms with E-state index < -0.39 is 5.97 Å². The van der Waals surface area contributed by atoms with Gasteiger partial charge < -0.3 is 10.4 Å². The van der Waals surface area contributed by atoms with E-state index >= 15 is 0 Å². The first-order chi connectivity index (χ1) is 8.14. The fourth-order valence-electron chi connectivity index (χ4n) is 2.38. The second-order valence-electron chi connectivity index (χ2n) is 4.92. The maximum Gasteiger partial charge on any atom is 0.304 e. The summed E-state index contributed by atoms with van der Waals surface area (Å²) in [5, 5.41) is 11.8. The SMILES string of the molecule is Cc1ccccc1C1(CNCCC(=O)O)CC1. The zero-order valence-corrected chi connectivity index (χ0v) is 10.2. The second kappa shape index (κ2) is 4.88. The number of hydrogen-bond donors (Lipinski definition) is 2. The Labute approximate surface area is 102 Å². The molecule has 0 spiro atoms. The largest absolute Gasteiger partial charge is 0.481 e. The highest BCUT2D eigenvalue weighted by molar-refractivity contribution is 5.66. The monoisotopic (exact) mass is 233 g/mol. The first-order valence-corrected chi connectivity index (χ1v) is 6.13. The quantitative estimate of drug-likeness (QED) is 0.740. The number of carboxylic acid groups (broad SMARTS) is 1. The molecule has 2 rings (SSSR count). The normalized spacial score (nSPS) is 16.8. The lowest BCUT2D eigenvalue weighted by molar-refractivity contribution is -0.136. The van der Waals surface area contributed by atoms with Gasteiger partial charge in [0.15, 0.2) is 0 Å². The van der Waals surface area contributed by atoms with Crippen LogP contribution in [0.15, 0.2) is 24.3 Å². The molecule has 3 heteroatoms. The lowest BCUT2D eigenvalue weighted by atomic mass is 9.92. The van der Waals surface area contributed by atoms with E-state index in [-0.39, 0.29) is 11.8 Å².